The van der Waals surface area contributed by atoms with Gasteiger partial charge in [0.1, 0.15) is 18.2 Å². The van der Waals surface area contributed by atoms with Gasteiger partial charge in [-0.05, 0) is 79.6 Å². The lowest BCUT2D eigenvalue weighted by Crippen LogP contribution is -2.25. The molecule has 11 heteroatoms. The highest BCUT2D eigenvalue weighted by molar-refractivity contribution is 7.99. The molecule has 0 aliphatic heterocycles. The van der Waals surface area contributed by atoms with Crippen molar-refractivity contribution in [3.63, 3.8) is 0 Å². The summed E-state index contributed by atoms with van der Waals surface area (Å²) in [5.74, 6) is -0.00685. The van der Waals surface area contributed by atoms with E-state index >= 15 is 0 Å². The van der Waals surface area contributed by atoms with Crippen LogP contribution in [0, 0.1) is 18.7 Å². The Morgan fingerprint density at radius 1 is 0.977 bits per heavy atom. The molecule has 0 saturated heterocycles. The number of esters is 2. The SMILES string of the molecule is Cc1oc(-c2ccccc2)nc1CCOC(=O)c1ccc(CC(CCSc2ccc(F)cc2)C(=O)OCC(Cl)(Cl)Cl)cc1. The number of alkyl halides is 3. The molecule has 1 unspecified atom stereocenters. The van der Waals surface area contributed by atoms with Gasteiger partial charge in [0.15, 0.2) is 0 Å². The summed E-state index contributed by atoms with van der Waals surface area (Å²) in [7, 11) is 0. The number of oxazole rings is 1. The molecular formula is C32H29Cl3FNO5S. The standard InChI is InChI=1S/C32H29Cl3FNO5S/c1-21-28(37-29(42-21)23-5-3-2-4-6-23)15-17-40-30(38)24-9-7-22(8-10-24)19-25(31(39)41-20-32(33,34)35)16-18-43-27-13-11-26(36)12-14-27/h2-14,25H,15-20H2,1H3. The molecular weight excluding hydrogens is 636 g/mol. The Hall–Kier alpha value is -3.04. The summed E-state index contributed by atoms with van der Waals surface area (Å²) in [5.41, 5.74) is 2.81. The lowest BCUT2D eigenvalue weighted by Gasteiger charge is -2.18. The van der Waals surface area contributed by atoms with Crippen LogP contribution in [0.4, 0.5) is 4.39 Å². The van der Waals surface area contributed by atoms with Crippen LogP contribution in [0.25, 0.3) is 11.5 Å². The van der Waals surface area contributed by atoms with Gasteiger partial charge in [0, 0.05) is 16.9 Å². The third-order valence-electron chi connectivity index (χ3n) is 6.42. The van der Waals surface area contributed by atoms with Crippen LogP contribution in [-0.4, -0.2) is 39.7 Å². The third kappa shape index (κ3) is 10.6. The minimum absolute atomic E-state index is 0.144. The zero-order chi connectivity index (χ0) is 30.8. The topological polar surface area (TPSA) is 78.6 Å². The summed E-state index contributed by atoms with van der Waals surface area (Å²) >= 11 is 18.8. The smallest absolute Gasteiger partial charge is 0.338 e. The molecule has 0 radical (unpaired) electrons. The van der Waals surface area contributed by atoms with Crippen molar-refractivity contribution >= 4 is 58.5 Å². The van der Waals surface area contributed by atoms with E-state index in [9.17, 15) is 14.0 Å². The number of hydrogen-bond donors (Lipinski definition) is 0. The van der Waals surface area contributed by atoms with Gasteiger partial charge in [-0.3, -0.25) is 4.79 Å². The van der Waals surface area contributed by atoms with E-state index in [0.717, 1.165) is 21.7 Å². The number of rotatable bonds is 13. The van der Waals surface area contributed by atoms with Crippen LogP contribution in [0.5, 0.6) is 0 Å². The maximum absolute atomic E-state index is 13.2. The first-order chi connectivity index (χ1) is 20.6. The second kappa shape index (κ2) is 15.6. The summed E-state index contributed by atoms with van der Waals surface area (Å²) in [5, 5.41) is 0. The van der Waals surface area contributed by atoms with Crippen molar-refractivity contribution in [3.05, 3.63) is 107 Å². The van der Waals surface area contributed by atoms with Gasteiger partial charge in [0.25, 0.3) is 0 Å². The van der Waals surface area contributed by atoms with Crippen LogP contribution < -0.4 is 0 Å². The van der Waals surface area contributed by atoms with Gasteiger partial charge in [0.05, 0.1) is 23.8 Å². The minimum Gasteiger partial charge on any atom is -0.462 e. The first-order valence-corrected chi connectivity index (χ1v) is 15.6. The number of carbonyl (C=O) groups excluding carboxylic acids is 2. The van der Waals surface area contributed by atoms with Crippen molar-refractivity contribution in [2.45, 2.75) is 34.9 Å². The minimum atomic E-state index is -1.72. The van der Waals surface area contributed by atoms with E-state index in [1.54, 1.807) is 36.4 Å². The zero-order valence-electron chi connectivity index (χ0n) is 23.2. The van der Waals surface area contributed by atoms with Crippen molar-refractivity contribution in [1.29, 1.82) is 0 Å². The van der Waals surface area contributed by atoms with E-state index in [4.69, 9.17) is 48.7 Å². The maximum atomic E-state index is 13.2. The molecule has 0 aliphatic carbocycles. The Balaban J connectivity index is 1.31. The molecule has 226 valence electrons. The van der Waals surface area contributed by atoms with Crippen molar-refractivity contribution in [3.8, 4) is 11.5 Å². The molecule has 0 amide bonds. The van der Waals surface area contributed by atoms with Crippen molar-refractivity contribution in [1.82, 2.24) is 4.98 Å². The monoisotopic (exact) mass is 663 g/mol. The van der Waals surface area contributed by atoms with Crippen molar-refractivity contribution in [2.24, 2.45) is 5.92 Å². The second-order valence-electron chi connectivity index (χ2n) is 9.69. The number of nitrogens with zero attached hydrogens (tertiary/aromatic N) is 1. The first-order valence-electron chi connectivity index (χ1n) is 13.5. The van der Waals surface area contributed by atoms with E-state index in [-0.39, 0.29) is 19.0 Å². The van der Waals surface area contributed by atoms with Crippen LogP contribution in [0.1, 0.15) is 33.8 Å². The van der Waals surface area contributed by atoms with Gasteiger partial charge < -0.3 is 13.9 Å². The highest BCUT2D eigenvalue weighted by atomic mass is 35.6. The number of carbonyl (C=O) groups is 2. The highest BCUT2D eigenvalue weighted by Gasteiger charge is 2.26. The average Bonchev–Trinajstić information content (AvgIpc) is 3.37. The molecule has 0 bridgehead atoms. The van der Waals surface area contributed by atoms with Crippen LogP contribution in [-0.2, 0) is 27.1 Å². The van der Waals surface area contributed by atoms with Gasteiger partial charge >= 0.3 is 11.9 Å². The summed E-state index contributed by atoms with van der Waals surface area (Å²) in [6.45, 7) is 1.60. The second-order valence-corrected chi connectivity index (χ2v) is 13.4. The summed E-state index contributed by atoms with van der Waals surface area (Å²) in [6, 6.07) is 22.6. The van der Waals surface area contributed by atoms with Crippen LogP contribution in [0.15, 0.2) is 88.2 Å². The van der Waals surface area contributed by atoms with Crippen LogP contribution in [0.3, 0.4) is 0 Å². The van der Waals surface area contributed by atoms with E-state index in [0.29, 0.717) is 42.2 Å². The van der Waals surface area contributed by atoms with E-state index in [1.807, 2.05) is 37.3 Å². The molecule has 0 fully saturated rings. The molecule has 3 aromatic carbocycles. The quantitative estimate of drug-likeness (QED) is 0.0806. The predicted octanol–water partition coefficient (Wildman–Crippen LogP) is 8.44. The molecule has 0 spiro atoms. The van der Waals surface area contributed by atoms with Crippen molar-refractivity contribution < 1.29 is 27.9 Å². The molecule has 0 N–H and O–H groups in total. The largest absolute Gasteiger partial charge is 0.462 e. The number of aromatic nitrogens is 1. The predicted molar refractivity (Wildman–Crippen MR) is 167 cm³/mol. The Labute approximate surface area is 268 Å². The highest BCUT2D eigenvalue weighted by Crippen LogP contribution is 2.28. The Morgan fingerprint density at radius 2 is 1.67 bits per heavy atom. The lowest BCUT2D eigenvalue weighted by molar-refractivity contribution is -0.148. The lowest BCUT2D eigenvalue weighted by atomic mass is 9.96. The first kappa shape index (κ1) is 32.9. The normalized spacial score (nSPS) is 12.1. The maximum Gasteiger partial charge on any atom is 0.338 e. The fourth-order valence-electron chi connectivity index (χ4n) is 4.17. The molecule has 6 nitrogen and oxygen atoms in total. The van der Waals surface area contributed by atoms with Crippen molar-refractivity contribution in [2.75, 3.05) is 19.0 Å². The molecule has 4 aromatic rings. The van der Waals surface area contributed by atoms with Gasteiger partial charge in [-0.25, -0.2) is 14.2 Å². The Morgan fingerprint density at radius 3 is 2.35 bits per heavy atom. The average molecular weight is 665 g/mol. The van der Waals surface area contributed by atoms with Gasteiger partial charge in [0.2, 0.25) is 9.68 Å². The molecule has 43 heavy (non-hydrogen) atoms. The van der Waals surface area contributed by atoms with Gasteiger partial charge in [-0.1, -0.05) is 65.1 Å². The summed E-state index contributed by atoms with van der Waals surface area (Å²) < 4.78 is 28.0. The third-order valence-corrected chi connectivity index (χ3v) is 7.79. The molecule has 4 rings (SSSR count). The Kier molecular flexibility index (Phi) is 11.9. The fraction of sp³-hybridized carbons (Fsp3) is 0.281. The summed E-state index contributed by atoms with van der Waals surface area (Å²) in [4.78, 5) is 30.9. The zero-order valence-corrected chi connectivity index (χ0v) is 26.3. The summed E-state index contributed by atoms with van der Waals surface area (Å²) in [6.07, 6.45) is 1.24. The number of halogens is 4. The number of benzene rings is 3. The van der Waals surface area contributed by atoms with Crippen LogP contribution >= 0.6 is 46.6 Å². The van der Waals surface area contributed by atoms with E-state index in [2.05, 4.69) is 4.98 Å². The molecule has 0 aliphatic rings. The number of ether oxygens (including phenoxy) is 2. The van der Waals surface area contributed by atoms with Gasteiger partial charge in [-0.2, -0.15) is 0 Å². The van der Waals surface area contributed by atoms with Crippen LogP contribution in [0.2, 0.25) is 0 Å². The number of aryl methyl sites for hydroxylation is 1. The Bertz CT molecular complexity index is 1490. The molecule has 1 atom stereocenters. The molecule has 0 saturated carbocycles. The van der Waals surface area contributed by atoms with E-state index < -0.39 is 21.6 Å². The number of hydrogen-bond acceptors (Lipinski definition) is 7. The molecule has 1 aromatic heterocycles. The number of thioether (sulfide) groups is 1. The van der Waals surface area contributed by atoms with E-state index in [1.165, 1.54) is 23.9 Å². The fourth-order valence-corrected chi connectivity index (χ4v) is 5.30. The molecule has 1 heterocycles. The van der Waals surface area contributed by atoms with Gasteiger partial charge in [-0.15, -0.1) is 11.8 Å².